The van der Waals surface area contributed by atoms with Gasteiger partial charge in [-0.1, -0.05) is 29.4 Å². The summed E-state index contributed by atoms with van der Waals surface area (Å²) in [6.07, 6.45) is 3.29. The Bertz CT molecular complexity index is 847. The highest BCUT2D eigenvalue weighted by Gasteiger charge is 2.21. The number of halogens is 1. The average Bonchev–Trinajstić information content (AvgIpc) is 3.43. The Morgan fingerprint density at radius 2 is 1.81 bits per heavy atom. The van der Waals surface area contributed by atoms with Gasteiger partial charge in [-0.25, -0.2) is 0 Å². The van der Waals surface area contributed by atoms with Crippen LogP contribution in [-0.2, 0) is 24.4 Å². The van der Waals surface area contributed by atoms with E-state index < -0.39 is 0 Å². The molecular formula is C22H31IN6O2. The van der Waals surface area contributed by atoms with Crippen molar-refractivity contribution in [3.05, 3.63) is 53.4 Å². The van der Waals surface area contributed by atoms with E-state index in [1.807, 2.05) is 18.0 Å². The van der Waals surface area contributed by atoms with Crippen molar-refractivity contribution in [3.8, 4) is 0 Å². The predicted molar refractivity (Wildman–Crippen MR) is 130 cm³/mol. The Morgan fingerprint density at radius 3 is 2.42 bits per heavy atom. The molecule has 2 aliphatic rings. The molecular weight excluding hydrogens is 507 g/mol. The first-order chi connectivity index (χ1) is 14.7. The van der Waals surface area contributed by atoms with Gasteiger partial charge < -0.3 is 19.6 Å². The van der Waals surface area contributed by atoms with Crippen LogP contribution < -0.4 is 5.32 Å². The molecule has 0 unspecified atom stereocenters. The average molecular weight is 538 g/mol. The van der Waals surface area contributed by atoms with Crippen LogP contribution in [0.3, 0.4) is 0 Å². The Kier molecular flexibility index (Phi) is 8.70. The second-order valence-electron chi connectivity index (χ2n) is 7.89. The van der Waals surface area contributed by atoms with Gasteiger partial charge >= 0.3 is 0 Å². The molecule has 3 heterocycles. The summed E-state index contributed by atoms with van der Waals surface area (Å²) < 4.78 is 4.92. The Labute approximate surface area is 200 Å². The highest BCUT2D eigenvalue weighted by molar-refractivity contribution is 14.0. The van der Waals surface area contributed by atoms with Crippen LogP contribution in [0.1, 0.15) is 29.7 Å². The number of nitrogens with zero attached hydrogens (tertiary/aromatic N) is 5. The van der Waals surface area contributed by atoms with Crippen LogP contribution in [0.2, 0.25) is 0 Å². The second kappa shape index (κ2) is 11.5. The van der Waals surface area contributed by atoms with Gasteiger partial charge in [0.1, 0.15) is 6.26 Å². The van der Waals surface area contributed by atoms with Crippen LogP contribution in [0.15, 0.2) is 46.1 Å². The molecule has 2 aliphatic heterocycles. The van der Waals surface area contributed by atoms with Crippen LogP contribution in [0.25, 0.3) is 0 Å². The van der Waals surface area contributed by atoms with Crippen LogP contribution >= 0.6 is 24.0 Å². The van der Waals surface area contributed by atoms with E-state index in [0.29, 0.717) is 13.0 Å². The Balaban J connectivity index is 0.00000272. The van der Waals surface area contributed by atoms with Gasteiger partial charge in [0.15, 0.2) is 5.96 Å². The lowest BCUT2D eigenvalue weighted by molar-refractivity contribution is -0.128. The molecule has 0 saturated carbocycles. The fraction of sp³-hybridized carbons (Fsp3) is 0.500. The smallest absolute Gasteiger partial charge is 0.222 e. The third kappa shape index (κ3) is 6.42. The van der Waals surface area contributed by atoms with E-state index >= 15 is 0 Å². The maximum absolute atomic E-state index is 11.8. The summed E-state index contributed by atoms with van der Waals surface area (Å²) in [7, 11) is 1.83. The molecule has 0 radical (unpaired) electrons. The zero-order chi connectivity index (χ0) is 20.8. The van der Waals surface area contributed by atoms with E-state index in [1.165, 1.54) is 11.1 Å². The number of aromatic nitrogens is 1. The molecule has 1 N–H and O–H groups in total. The minimum Gasteiger partial charge on any atom is -0.364 e. The number of nitrogens with one attached hydrogen (secondary N) is 1. The first kappa shape index (κ1) is 23.5. The maximum Gasteiger partial charge on any atom is 0.222 e. The summed E-state index contributed by atoms with van der Waals surface area (Å²) in [6, 6.07) is 10.4. The number of carbonyl (C=O) groups is 1. The lowest BCUT2D eigenvalue weighted by Gasteiger charge is -2.36. The molecule has 1 aromatic carbocycles. The zero-order valence-corrected chi connectivity index (χ0v) is 20.3. The minimum atomic E-state index is 0. The number of piperazine rings is 1. The first-order valence-electron chi connectivity index (χ1n) is 10.6. The first-order valence-corrected chi connectivity index (χ1v) is 10.6. The number of hydrogen-bond donors (Lipinski definition) is 1. The highest BCUT2D eigenvalue weighted by atomic mass is 127. The van der Waals surface area contributed by atoms with Crippen molar-refractivity contribution >= 4 is 35.8 Å². The molecule has 0 aliphatic carbocycles. The molecule has 0 bridgehead atoms. The number of rotatable bonds is 6. The van der Waals surface area contributed by atoms with Gasteiger partial charge in [-0.2, -0.15) is 0 Å². The number of carbonyl (C=O) groups excluding carboxylic acids is 1. The standard InChI is InChI=1S/C22H30N6O2.HI/c1-23-22(27-12-10-26(11-13-27)17-20-8-14-30-25-20)24-15-18-4-6-19(7-5-18)16-28-9-2-3-21(28)29;/h4-8,14H,2-3,9-13,15-17H2,1H3,(H,23,24);1H. The quantitative estimate of drug-likeness (QED) is 0.346. The SMILES string of the molecule is CN=C(NCc1ccc(CN2CCCC2=O)cc1)N1CCN(Cc2ccon2)CC1.I. The van der Waals surface area contributed by atoms with Crippen LogP contribution in [0.4, 0.5) is 0 Å². The molecule has 0 spiro atoms. The van der Waals surface area contributed by atoms with E-state index in [9.17, 15) is 4.79 Å². The van der Waals surface area contributed by atoms with E-state index in [0.717, 1.165) is 63.9 Å². The van der Waals surface area contributed by atoms with Gasteiger partial charge in [-0.05, 0) is 17.5 Å². The molecule has 9 heteroatoms. The van der Waals surface area contributed by atoms with Gasteiger partial charge in [0.05, 0.1) is 5.69 Å². The normalized spacial score (nSPS) is 17.7. The second-order valence-corrected chi connectivity index (χ2v) is 7.89. The lowest BCUT2D eigenvalue weighted by Crippen LogP contribution is -2.52. The topological polar surface area (TPSA) is 77.2 Å². The molecule has 2 aromatic rings. The van der Waals surface area contributed by atoms with Crippen molar-refractivity contribution in [1.82, 2.24) is 25.2 Å². The molecule has 4 rings (SSSR count). The molecule has 31 heavy (non-hydrogen) atoms. The summed E-state index contributed by atoms with van der Waals surface area (Å²) in [5, 5.41) is 7.48. The van der Waals surface area contributed by atoms with Gasteiger partial charge in [0, 0.05) is 71.9 Å². The maximum atomic E-state index is 11.8. The summed E-state index contributed by atoms with van der Waals surface area (Å²) in [5.74, 6) is 1.20. The third-order valence-electron chi connectivity index (χ3n) is 5.78. The van der Waals surface area contributed by atoms with Crippen molar-refractivity contribution in [2.45, 2.75) is 32.5 Å². The number of aliphatic imine (C=N–C) groups is 1. The van der Waals surface area contributed by atoms with Crippen molar-refractivity contribution in [2.24, 2.45) is 4.99 Å². The fourth-order valence-electron chi connectivity index (χ4n) is 4.03. The summed E-state index contributed by atoms with van der Waals surface area (Å²) in [4.78, 5) is 22.9. The van der Waals surface area contributed by atoms with E-state index in [4.69, 9.17) is 4.52 Å². The van der Waals surface area contributed by atoms with Crippen LogP contribution in [-0.4, -0.2) is 71.5 Å². The van der Waals surface area contributed by atoms with E-state index in [1.54, 1.807) is 6.26 Å². The van der Waals surface area contributed by atoms with Crippen molar-refractivity contribution < 1.29 is 9.32 Å². The number of guanidine groups is 1. The van der Waals surface area contributed by atoms with E-state index in [2.05, 4.69) is 49.5 Å². The zero-order valence-electron chi connectivity index (χ0n) is 18.0. The molecule has 8 nitrogen and oxygen atoms in total. The van der Waals surface area contributed by atoms with Crippen LogP contribution in [0, 0.1) is 0 Å². The van der Waals surface area contributed by atoms with Crippen molar-refractivity contribution in [1.29, 1.82) is 0 Å². The molecule has 0 atom stereocenters. The lowest BCUT2D eigenvalue weighted by atomic mass is 10.1. The van der Waals surface area contributed by atoms with Gasteiger partial charge in [0.25, 0.3) is 0 Å². The van der Waals surface area contributed by atoms with Crippen molar-refractivity contribution in [3.63, 3.8) is 0 Å². The summed E-state index contributed by atoms with van der Waals surface area (Å²) in [5.41, 5.74) is 3.36. The minimum absolute atomic E-state index is 0. The van der Waals surface area contributed by atoms with Gasteiger partial charge in [0.2, 0.25) is 5.91 Å². The molecule has 2 fully saturated rings. The number of amides is 1. The van der Waals surface area contributed by atoms with Gasteiger partial charge in [-0.15, -0.1) is 24.0 Å². The highest BCUT2D eigenvalue weighted by Crippen LogP contribution is 2.15. The molecule has 168 valence electrons. The predicted octanol–water partition coefficient (Wildman–Crippen LogP) is 2.31. The largest absolute Gasteiger partial charge is 0.364 e. The molecule has 2 saturated heterocycles. The number of hydrogen-bond acceptors (Lipinski definition) is 5. The summed E-state index contributed by atoms with van der Waals surface area (Å²) >= 11 is 0. The van der Waals surface area contributed by atoms with Gasteiger partial charge in [-0.3, -0.25) is 14.7 Å². The number of likely N-dealkylation sites (tertiary alicyclic amines) is 1. The van der Waals surface area contributed by atoms with Crippen molar-refractivity contribution in [2.75, 3.05) is 39.8 Å². The monoisotopic (exact) mass is 538 g/mol. The van der Waals surface area contributed by atoms with Crippen LogP contribution in [0.5, 0.6) is 0 Å². The number of benzene rings is 1. The Hall–Kier alpha value is -2.14. The molecule has 1 amide bonds. The van der Waals surface area contributed by atoms with E-state index in [-0.39, 0.29) is 29.9 Å². The molecule has 1 aromatic heterocycles. The fourth-order valence-corrected chi connectivity index (χ4v) is 4.03. The summed E-state index contributed by atoms with van der Waals surface area (Å²) in [6.45, 7) is 6.95. The Morgan fingerprint density at radius 1 is 1.06 bits per heavy atom. The third-order valence-corrected chi connectivity index (χ3v) is 5.78.